The van der Waals surface area contributed by atoms with Gasteiger partial charge in [-0.25, -0.2) is 0 Å². The minimum Gasteiger partial charge on any atom is -0.410 e. The molecule has 2 aromatic heterocycles. The zero-order chi connectivity index (χ0) is 17.3. The summed E-state index contributed by atoms with van der Waals surface area (Å²) in [6.07, 6.45) is 0. The van der Waals surface area contributed by atoms with E-state index in [-0.39, 0.29) is 0 Å². The Morgan fingerprint density at radius 1 is 0.833 bits per heavy atom. The van der Waals surface area contributed by atoms with Crippen molar-refractivity contribution >= 4 is 22.1 Å². The Morgan fingerprint density at radius 2 is 1.50 bits per heavy atom. The van der Waals surface area contributed by atoms with Gasteiger partial charge in [-0.3, -0.25) is 0 Å². The van der Waals surface area contributed by atoms with E-state index in [1.807, 2.05) is 43.3 Å². The van der Waals surface area contributed by atoms with Crippen molar-refractivity contribution in [3.05, 3.63) is 47.5 Å². The summed E-state index contributed by atoms with van der Waals surface area (Å²) in [7, 11) is 0. The topological polar surface area (TPSA) is 102 Å². The highest BCUT2D eigenvalue weighted by Gasteiger charge is 2.05. The van der Waals surface area contributed by atoms with E-state index in [1.54, 1.807) is 0 Å². The maximum atomic E-state index is 9.18. The fourth-order valence-electron chi connectivity index (χ4n) is 2.30. The lowest BCUT2D eigenvalue weighted by Crippen LogP contribution is -1.91. The van der Waals surface area contributed by atoms with Gasteiger partial charge in [-0.2, -0.15) is 0 Å². The van der Waals surface area contributed by atoms with Crippen LogP contribution in [0.3, 0.4) is 0 Å². The quantitative estimate of drug-likeness (QED) is 0.521. The standard InChI is InChI=1S/C9H11N3O.C7H7N3O/c1-6(2)7-3-4-9-8(5-7)10-11-12(9)13;1-5-2-3-6-7(4-5)10(11)9-8-6/h3-6,13H,1-2H3;2-4,11H,1H3. The second-order valence-corrected chi connectivity index (χ2v) is 5.85. The minimum absolute atomic E-state index is 0.466. The fraction of sp³-hybridized carbons (Fsp3) is 0.250. The number of aromatic nitrogens is 6. The molecular weight excluding hydrogens is 308 g/mol. The average Bonchev–Trinajstić information content (AvgIpc) is 3.11. The van der Waals surface area contributed by atoms with Crippen LogP contribution in [0.1, 0.15) is 30.9 Å². The number of hydrogen-bond donors (Lipinski definition) is 2. The molecule has 2 aromatic carbocycles. The van der Waals surface area contributed by atoms with Crippen LogP contribution in [0.2, 0.25) is 0 Å². The molecule has 0 unspecified atom stereocenters. The van der Waals surface area contributed by atoms with Crippen LogP contribution < -0.4 is 0 Å². The highest BCUT2D eigenvalue weighted by molar-refractivity contribution is 5.75. The van der Waals surface area contributed by atoms with Gasteiger partial charge >= 0.3 is 0 Å². The number of nitrogens with zero attached hydrogens (tertiary/aromatic N) is 6. The molecule has 0 fully saturated rings. The zero-order valence-corrected chi connectivity index (χ0v) is 13.6. The number of fused-ring (bicyclic) bond motifs is 2. The van der Waals surface area contributed by atoms with Crippen molar-refractivity contribution in [2.45, 2.75) is 26.7 Å². The lowest BCUT2D eigenvalue weighted by molar-refractivity contribution is 0.154. The third-order valence-electron chi connectivity index (χ3n) is 3.70. The molecule has 0 aliphatic carbocycles. The Bertz CT molecular complexity index is 989. The number of hydrogen-bond acceptors (Lipinski definition) is 6. The predicted molar refractivity (Wildman–Crippen MR) is 88.3 cm³/mol. The normalized spacial score (nSPS) is 11.0. The summed E-state index contributed by atoms with van der Waals surface area (Å²) in [6.45, 7) is 6.18. The van der Waals surface area contributed by atoms with Crippen molar-refractivity contribution in [1.29, 1.82) is 0 Å². The van der Waals surface area contributed by atoms with Gasteiger partial charge in [0.2, 0.25) is 0 Å². The molecule has 0 saturated carbocycles. The van der Waals surface area contributed by atoms with E-state index in [0.717, 1.165) is 20.8 Å². The third kappa shape index (κ3) is 2.98. The van der Waals surface area contributed by atoms with Crippen LogP contribution in [-0.4, -0.2) is 40.7 Å². The second-order valence-electron chi connectivity index (χ2n) is 5.85. The van der Waals surface area contributed by atoms with Crippen molar-refractivity contribution in [3.63, 3.8) is 0 Å². The maximum Gasteiger partial charge on any atom is 0.130 e. The van der Waals surface area contributed by atoms with E-state index < -0.39 is 0 Å². The molecule has 4 aromatic rings. The molecule has 8 heteroatoms. The molecule has 24 heavy (non-hydrogen) atoms. The molecule has 0 spiro atoms. The maximum absolute atomic E-state index is 9.18. The molecule has 0 atom stereocenters. The fourth-order valence-corrected chi connectivity index (χ4v) is 2.30. The van der Waals surface area contributed by atoms with Crippen LogP contribution in [-0.2, 0) is 0 Å². The average molecular weight is 326 g/mol. The molecule has 0 saturated heterocycles. The molecule has 0 aliphatic rings. The Kier molecular flexibility index (Phi) is 4.03. The lowest BCUT2D eigenvalue weighted by atomic mass is 10.0. The number of rotatable bonds is 1. The minimum atomic E-state index is 0.466. The summed E-state index contributed by atoms with van der Waals surface area (Å²) in [5.74, 6) is 0.466. The molecule has 0 amide bonds. The van der Waals surface area contributed by atoms with Crippen molar-refractivity contribution in [1.82, 2.24) is 30.3 Å². The number of benzene rings is 2. The third-order valence-corrected chi connectivity index (χ3v) is 3.70. The highest BCUT2D eigenvalue weighted by atomic mass is 16.5. The second kappa shape index (κ2) is 6.15. The van der Waals surface area contributed by atoms with Gasteiger partial charge in [0, 0.05) is 0 Å². The Morgan fingerprint density at radius 3 is 2.21 bits per heavy atom. The molecule has 0 bridgehead atoms. The van der Waals surface area contributed by atoms with Crippen LogP contribution >= 0.6 is 0 Å². The molecule has 0 radical (unpaired) electrons. The van der Waals surface area contributed by atoms with E-state index in [9.17, 15) is 5.21 Å². The molecule has 2 heterocycles. The van der Waals surface area contributed by atoms with Gasteiger partial charge in [-0.05, 0) is 58.7 Å². The van der Waals surface area contributed by atoms with Gasteiger partial charge in [0.05, 0.1) is 0 Å². The smallest absolute Gasteiger partial charge is 0.130 e. The summed E-state index contributed by atoms with van der Waals surface area (Å²) in [5.41, 5.74) is 5.00. The first-order valence-corrected chi connectivity index (χ1v) is 7.51. The molecule has 2 N–H and O–H groups in total. The Balaban J connectivity index is 0.000000143. The first kappa shape index (κ1) is 15.7. The Labute approximate surface area is 137 Å². The zero-order valence-electron chi connectivity index (χ0n) is 13.6. The summed E-state index contributed by atoms with van der Waals surface area (Å²) < 4.78 is 0. The highest BCUT2D eigenvalue weighted by Crippen LogP contribution is 2.18. The molecule has 0 aliphatic heterocycles. The van der Waals surface area contributed by atoms with E-state index in [4.69, 9.17) is 5.21 Å². The largest absolute Gasteiger partial charge is 0.410 e. The van der Waals surface area contributed by atoms with E-state index in [0.29, 0.717) is 22.5 Å². The van der Waals surface area contributed by atoms with Gasteiger partial charge in [0.1, 0.15) is 22.1 Å². The monoisotopic (exact) mass is 326 g/mol. The molecule has 8 nitrogen and oxygen atoms in total. The van der Waals surface area contributed by atoms with E-state index in [1.165, 1.54) is 5.56 Å². The van der Waals surface area contributed by atoms with Crippen LogP contribution in [0, 0.1) is 6.92 Å². The van der Waals surface area contributed by atoms with Crippen molar-refractivity contribution in [2.24, 2.45) is 0 Å². The first-order valence-electron chi connectivity index (χ1n) is 7.51. The van der Waals surface area contributed by atoms with Gasteiger partial charge in [0.15, 0.2) is 0 Å². The molecule has 124 valence electrons. The van der Waals surface area contributed by atoms with Gasteiger partial charge < -0.3 is 10.4 Å². The summed E-state index contributed by atoms with van der Waals surface area (Å²) in [5, 5.41) is 32.8. The van der Waals surface area contributed by atoms with Gasteiger partial charge in [0.25, 0.3) is 0 Å². The Hall–Kier alpha value is -3.16. The van der Waals surface area contributed by atoms with Crippen LogP contribution in [0.25, 0.3) is 22.1 Å². The molecule has 4 rings (SSSR count). The lowest BCUT2D eigenvalue weighted by Gasteiger charge is -2.03. The van der Waals surface area contributed by atoms with E-state index in [2.05, 4.69) is 34.5 Å². The van der Waals surface area contributed by atoms with Crippen LogP contribution in [0.15, 0.2) is 36.4 Å². The van der Waals surface area contributed by atoms with Crippen molar-refractivity contribution in [3.8, 4) is 0 Å². The predicted octanol–water partition coefficient (Wildman–Crippen LogP) is 2.77. The van der Waals surface area contributed by atoms with Crippen molar-refractivity contribution in [2.75, 3.05) is 0 Å². The summed E-state index contributed by atoms with van der Waals surface area (Å²) in [4.78, 5) is 1.57. The SMILES string of the molecule is CC(C)c1ccc2c(c1)nnn2O.Cc1ccc2nnn(O)c2c1. The summed E-state index contributed by atoms with van der Waals surface area (Å²) in [6, 6.07) is 11.3. The number of aryl methyl sites for hydroxylation is 1. The van der Waals surface area contributed by atoms with Gasteiger partial charge in [-0.1, -0.05) is 35.7 Å². The van der Waals surface area contributed by atoms with Gasteiger partial charge in [-0.15, -0.1) is 10.2 Å². The van der Waals surface area contributed by atoms with E-state index >= 15 is 0 Å². The van der Waals surface area contributed by atoms with Crippen LogP contribution in [0.5, 0.6) is 0 Å². The first-order chi connectivity index (χ1) is 11.5. The van der Waals surface area contributed by atoms with Crippen molar-refractivity contribution < 1.29 is 10.4 Å². The summed E-state index contributed by atoms with van der Waals surface area (Å²) >= 11 is 0. The van der Waals surface area contributed by atoms with Crippen LogP contribution in [0.4, 0.5) is 0 Å². The molecular formula is C16H18N6O2.